The fourth-order valence-corrected chi connectivity index (χ4v) is 0. The van der Waals surface area contributed by atoms with Crippen molar-refractivity contribution in [2.24, 2.45) is 0 Å². The van der Waals surface area contributed by atoms with Gasteiger partial charge in [0.1, 0.15) is 0 Å². The summed E-state index contributed by atoms with van der Waals surface area (Å²) in [4.78, 5) is 0. The average molecular weight is 337 g/mol. The van der Waals surface area contributed by atoms with Gasteiger partial charge in [-0.15, -0.1) is 0 Å². The molecule has 0 aliphatic carbocycles. The van der Waals surface area contributed by atoms with Crippen LogP contribution in [0.3, 0.4) is 0 Å². The molecule has 7 heavy (non-hydrogen) atoms. The summed E-state index contributed by atoms with van der Waals surface area (Å²) < 4.78 is 31.6. The molecule has 0 unspecified atom stereocenters. The predicted molar refractivity (Wildman–Crippen MR) is 32.7 cm³/mol. The molecular formula is H7InO4SSn. The summed E-state index contributed by atoms with van der Waals surface area (Å²) in [5.74, 6) is 0. The first-order chi connectivity index (χ1) is 2.00. The van der Waals surface area contributed by atoms with E-state index in [2.05, 4.69) is 0 Å². The topological polar surface area (TPSA) is 74.6 Å². The summed E-state index contributed by atoms with van der Waals surface area (Å²) >= 11 is 0. The molecule has 0 rings (SSSR count). The first-order valence-corrected chi connectivity index (χ1v) is 2.10. The summed E-state index contributed by atoms with van der Waals surface area (Å²) in [6.07, 6.45) is 0. The van der Waals surface area contributed by atoms with E-state index in [1.807, 2.05) is 0 Å². The third-order valence-corrected chi connectivity index (χ3v) is 0. The molecule has 2 radical (unpaired) electrons. The first-order valence-electron chi connectivity index (χ1n) is 0.698. The SMILES string of the molecule is O=S(=O)(O)O.[InH3].[SnH2]. The molecule has 4 nitrogen and oxygen atoms in total. The Morgan fingerprint density at radius 1 is 1.14 bits per heavy atom. The molecule has 0 saturated carbocycles. The molecule has 0 aromatic carbocycles. The Balaban J connectivity index is -0.0000000800. The van der Waals surface area contributed by atoms with Crippen LogP contribution in [0.4, 0.5) is 0 Å². The summed E-state index contributed by atoms with van der Waals surface area (Å²) in [6, 6.07) is 0. The number of hydrogen-bond acceptors (Lipinski definition) is 2. The van der Waals surface area contributed by atoms with Gasteiger partial charge in [0.2, 0.25) is 0 Å². The monoisotopic (exact) mass is 338 g/mol. The zero-order chi connectivity index (χ0) is 4.50. The van der Waals surface area contributed by atoms with Gasteiger partial charge >= 0.3 is 60.1 Å². The van der Waals surface area contributed by atoms with Crippen LogP contribution in [0.5, 0.6) is 0 Å². The van der Waals surface area contributed by atoms with Gasteiger partial charge in [-0.05, 0) is 0 Å². The molecule has 0 aromatic rings. The molecule has 0 saturated heterocycles. The van der Waals surface area contributed by atoms with E-state index in [0.29, 0.717) is 0 Å². The van der Waals surface area contributed by atoms with E-state index >= 15 is 0 Å². The quantitative estimate of drug-likeness (QED) is 0.371. The average Bonchev–Trinajstić information content (AvgIpc) is 0.722. The fourth-order valence-electron chi connectivity index (χ4n) is 0. The summed E-state index contributed by atoms with van der Waals surface area (Å²) in [5, 5.41) is 0. The standard InChI is InChI=1S/In.H2O4S.Sn.5H/c;1-5(2,3)4;;;;;;/h;(H2,1,2,3,4);;;;;;. The second kappa shape index (κ2) is 5.67. The maximum absolute atomic E-state index is 8.74. The van der Waals surface area contributed by atoms with E-state index in [4.69, 9.17) is 17.5 Å². The van der Waals surface area contributed by atoms with Gasteiger partial charge in [-0.1, -0.05) is 0 Å². The van der Waals surface area contributed by atoms with Crippen LogP contribution in [0.25, 0.3) is 0 Å². The zero-order valence-corrected chi connectivity index (χ0v) is 7.68. The van der Waals surface area contributed by atoms with Crippen molar-refractivity contribution in [1.82, 2.24) is 0 Å². The molecule has 0 fully saturated rings. The van der Waals surface area contributed by atoms with Gasteiger partial charge in [-0.3, -0.25) is 9.11 Å². The summed E-state index contributed by atoms with van der Waals surface area (Å²) in [6.45, 7) is 0. The number of rotatable bonds is 0. The molecule has 0 atom stereocenters. The number of hydrogen-bond donors (Lipinski definition) is 2. The third-order valence-electron chi connectivity index (χ3n) is 0. The molecule has 7 heteroatoms. The Morgan fingerprint density at radius 2 is 1.14 bits per heavy atom. The molecule has 2 N–H and O–H groups in total. The molecule has 0 amide bonds. The van der Waals surface area contributed by atoms with Crippen molar-refractivity contribution in [1.29, 1.82) is 0 Å². The van der Waals surface area contributed by atoms with Crippen LogP contribution in [-0.4, -0.2) is 67.3 Å². The second-order valence-electron chi connectivity index (χ2n) is 0.448. The Kier molecular flexibility index (Phi) is 12.8. The summed E-state index contributed by atoms with van der Waals surface area (Å²) in [5.41, 5.74) is 0. The van der Waals surface area contributed by atoms with Gasteiger partial charge in [0, 0.05) is 0 Å². The van der Waals surface area contributed by atoms with Crippen LogP contribution in [0.1, 0.15) is 0 Å². The maximum atomic E-state index is 8.74. The van der Waals surface area contributed by atoms with Crippen LogP contribution in [0.2, 0.25) is 0 Å². The van der Waals surface area contributed by atoms with Gasteiger partial charge in [-0.25, -0.2) is 0 Å². The van der Waals surface area contributed by atoms with Crippen LogP contribution in [0, 0.1) is 0 Å². The van der Waals surface area contributed by atoms with E-state index in [1.54, 1.807) is 0 Å². The normalized spacial score (nSPS) is 8.29. The van der Waals surface area contributed by atoms with Crippen molar-refractivity contribution < 1.29 is 17.5 Å². The molecule has 0 aromatic heterocycles. The Labute approximate surface area is 77.0 Å². The van der Waals surface area contributed by atoms with Crippen molar-refractivity contribution in [3.05, 3.63) is 0 Å². The Hall–Kier alpha value is 1.54. The van der Waals surface area contributed by atoms with Crippen molar-refractivity contribution in [3.63, 3.8) is 0 Å². The van der Waals surface area contributed by atoms with E-state index in [9.17, 15) is 0 Å². The molecule has 0 aliphatic heterocycles. The van der Waals surface area contributed by atoms with E-state index in [1.165, 1.54) is 0 Å². The summed E-state index contributed by atoms with van der Waals surface area (Å²) in [7, 11) is -4.67. The van der Waals surface area contributed by atoms with E-state index < -0.39 is 10.4 Å². The predicted octanol–water partition coefficient (Wildman–Crippen LogP) is -2.75. The Bertz CT molecular complexity index is 94.9. The van der Waals surface area contributed by atoms with Crippen LogP contribution < -0.4 is 0 Å². The van der Waals surface area contributed by atoms with Gasteiger partial charge in [0.25, 0.3) is 0 Å². The minimum atomic E-state index is -4.67. The second-order valence-corrected chi connectivity index (χ2v) is 1.34. The van der Waals surface area contributed by atoms with Crippen LogP contribution >= 0.6 is 0 Å². The van der Waals surface area contributed by atoms with Gasteiger partial charge < -0.3 is 0 Å². The molecule has 0 aliphatic rings. The van der Waals surface area contributed by atoms with Crippen molar-refractivity contribution >= 4 is 60.1 Å². The Morgan fingerprint density at radius 3 is 1.14 bits per heavy atom. The van der Waals surface area contributed by atoms with Crippen molar-refractivity contribution in [2.45, 2.75) is 0 Å². The van der Waals surface area contributed by atoms with Gasteiger partial charge in [0.15, 0.2) is 0 Å². The van der Waals surface area contributed by atoms with E-state index in [-0.39, 0.29) is 49.8 Å². The van der Waals surface area contributed by atoms with Gasteiger partial charge in [-0.2, -0.15) is 8.42 Å². The molecule has 0 spiro atoms. The fraction of sp³-hybridized carbons (Fsp3) is 0. The van der Waals surface area contributed by atoms with E-state index in [0.717, 1.165) is 0 Å². The van der Waals surface area contributed by atoms with Gasteiger partial charge in [0.05, 0.1) is 0 Å². The molecular weight excluding hydrogens is 330 g/mol. The van der Waals surface area contributed by atoms with Crippen molar-refractivity contribution in [2.75, 3.05) is 0 Å². The molecule has 0 bridgehead atoms. The van der Waals surface area contributed by atoms with Crippen molar-refractivity contribution in [3.8, 4) is 0 Å². The van der Waals surface area contributed by atoms with Crippen LogP contribution in [0.15, 0.2) is 0 Å². The zero-order valence-electron chi connectivity index (χ0n) is 2.83. The molecule has 44 valence electrons. The van der Waals surface area contributed by atoms with Crippen LogP contribution in [-0.2, 0) is 10.4 Å². The first kappa shape index (κ1) is 15.8. The molecule has 0 heterocycles. The third kappa shape index (κ3) is 97.7. The minimum absolute atomic E-state index is 0.